The Morgan fingerprint density at radius 1 is 1.17 bits per heavy atom. The van der Waals surface area contributed by atoms with E-state index in [1.165, 1.54) is 22.9 Å². The molecule has 0 saturated heterocycles. The third kappa shape index (κ3) is 4.17. The molecule has 0 bridgehead atoms. The Balaban J connectivity index is 1.58. The first-order valence-electron chi connectivity index (χ1n) is 12.8. The maximum atomic E-state index is 12.2. The van der Waals surface area contributed by atoms with Gasteiger partial charge in [-0.05, 0) is 78.7 Å². The lowest BCUT2D eigenvalue weighted by molar-refractivity contribution is -0.149. The zero-order valence-corrected chi connectivity index (χ0v) is 22.0. The number of ether oxygens (including phenoxy) is 2. The molecule has 0 spiro atoms. The maximum Gasteiger partial charge on any atom is 0.429 e. The number of halogens is 1. The van der Waals surface area contributed by atoms with Crippen LogP contribution in [0.4, 0.5) is 4.79 Å². The number of rotatable bonds is 6. The molecule has 0 radical (unpaired) electrons. The molecule has 2 saturated carbocycles. The largest absolute Gasteiger partial charge is 0.429 e. The number of methoxy groups -OCH3 is 2. The zero-order valence-electron chi connectivity index (χ0n) is 21.2. The molecule has 4 aliphatic rings. The van der Waals surface area contributed by atoms with Gasteiger partial charge in [-0.2, -0.15) is 0 Å². The van der Waals surface area contributed by atoms with E-state index in [2.05, 4.69) is 29.0 Å². The van der Waals surface area contributed by atoms with Crippen molar-refractivity contribution in [2.75, 3.05) is 20.8 Å². The predicted molar refractivity (Wildman–Crippen MR) is 138 cm³/mol. The molecule has 2 fully saturated rings. The lowest BCUT2D eigenvalue weighted by Crippen LogP contribution is -2.54. The standard InChI is InChI=1S/C29H34ClNO5/c1-28-15-24(19-6-4-18(5-7-19)16-31-36-27(30)33)26-22-11-9-21(32)14-20(22)8-10-23(26)25(28)12-13-29(28,35-3)17-34-2/h4-7,14,16,23-25H,8-13,15,17H2,1-3H3/b31-16+/t23-,24+,25-,28-,29+/m0/s1. The van der Waals surface area contributed by atoms with Crippen LogP contribution in [0, 0.1) is 17.3 Å². The van der Waals surface area contributed by atoms with Crippen LogP contribution in [0.15, 0.2) is 52.2 Å². The minimum absolute atomic E-state index is 0.0302. The van der Waals surface area contributed by atoms with Gasteiger partial charge in [0.15, 0.2) is 5.78 Å². The van der Waals surface area contributed by atoms with Gasteiger partial charge < -0.3 is 14.3 Å². The van der Waals surface area contributed by atoms with Crippen molar-refractivity contribution in [2.24, 2.45) is 22.4 Å². The van der Waals surface area contributed by atoms with E-state index in [4.69, 9.17) is 21.1 Å². The van der Waals surface area contributed by atoms with Crippen molar-refractivity contribution in [3.63, 3.8) is 0 Å². The molecule has 36 heavy (non-hydrogen) atoms. The first-order valence-corrected chi connectivity index (χ1v) is 13.2. The summed E-state index contributed by atoms with van der Waals surface area (Å²) in [7, 11) is 3.61. The Bertz CT molecular complexity index is 1140. The highest BCUT2D eigenvalue weighted by Gasteiger charge is 2.63. The monoisotopic (exact) mass is 511 g/mol. The summed E-state index contributed by atoms with van der Waals surface area (Å²) >= 11 is 5.19. The van der Waals surface area contributed by atoms with E-state index in [0.29, 0.717) is 24.9 Å². The first-order chi connectivity index (χ1) is 17.3. The summed E-state index contributed by atoms with van der Waals surface area (Å²) in [4.78, 5) is 27.5. The number of ketones is 1. The summed E-state index contributed by atoms with van der Waals surface area (Å²) in [5, 5.41) is 3.63. The van der Waals surface area contributed by atoms with Gasteiger partial charge in [0.2, 0.25) is 0 Å². The second-order valence-electron chi connectivity index (χ2n) is 10.9. The number of hydrogen-bond donors (Lipinski definition) is 0. The summed E-state index contributed by atoms with van der Waals surface area (Å²) in [5.74, 6) is 1.50. The van der Waals surface area contributed by atoms with E-state index >= 15 is 0 Å². The van der Waals surface area contributed by atoms with Gasteiger partial charge in [-0.3, -0.25) is 4.79 Å². The SMILES string of the molecule is COC[C@]1(OC)CC[C@H]2[C@@H]3CCC4=CC(=O)CCC4=C3[C@@H](c3ccc(/C=N/OC(=O)Cl)cc3)C[C@@]21C. The van der Waals surface area contributed by atoms with Gasteiger partial charge in [0, 0.05) is 43.6 Å². The quantitative estimate of drug-likeness (QED) is 0.193. The second-order valence-corrected chi connectivity index (χ2v) is 11.2. The van der Waals surface area contributed by atoms with Gasteiger partial charge in [-0.15, -0.1) is 0 Å². The first kappa shape index (κ1) is 25.4. The molecule has 1 aromatic carbocycles. The van der Waals surface area contributed by atoms with Crippen LogP contribution in [0.25, 0.3) is 0 Å². The van der Waals surface area contributed by atoms with Crippen LogP contribution in [0.3, 0.4) is 0 Å². The van der Waals surface area contributed by atoms with Gasteiger partial charge in [0.25, 0.3) is 0 Å². The molecule has 5 rings (SSSR count). The van der Waals surface area contributed by atoms with Crippen LogP contribution in [0.2, 0.25) is 0 Å². The second kappa shape index (κ2) is 9.88. The highest BCUT2D eigenvalue weighted by molar-refractivity contribution is 6.61. The van der Waals surface area contributed by atoms with Crippen molar-refractivity contribution in [1.82, 2.24) is 0 Å². The predicted octanol–water partition coefficient (Wildman–Crippen LogP) is 6.33. The minimum Gasteiger partial charge on any atom is -0.382 e. The third-order valence-electron chi connectivity index (χ3n) is 9.46. The highest BCUT2D eigenvalue weighted by Crippen LogP contribution is 2.67. The zero-order chi connectivity index (χ0) is 25.5. The maximum absolute atomic E-state index is 12.2. The van der Waals surface area contributed by atoms with Crippen molar-refractivity contribution in [3.8, 4) is 0 Å². The normalized spacial score (nSPS) is 33.7. The Morgan fingerprint density at radius 3 is 2.64 bits per heavy atom. The molecule has 0 aromatic heterocycles. The number of hydrogen-bond acceptors (Lipinski definition) is 6. The average Bonchev–Trinajstić information content (AvgIpc) is 3.15. The van der Waals surface area contributed by atoms with Crippen molar-refractivity contribution >= 4 is 29.0 Å². The van der Waals surface area contributed by atoms with Gasteiger partial charge in [-0.1, -0.05) is 41.9 Å². The van der Waals surface area contributed by atoms with Crippen molar-refractivity contribution < 1.29 is 23.9 Å². The summed E-state index contributed by atoms with van der Waals surface area (Å²) in [6, 6.07) is 8.28. The molecular formula is C29H34ClNO5. The number of nitrogens with zero attached hydrogens (tertiary/aromatic N) is 1. The van der Waals surface area contributed by atoms with E-state index < -0.39 is 5.43 Å². The van der Waals surface area contributed by atoms with Crippen LogP contribution in [0.1, 0.15) is 68.9 Å². The molecule has 0 aliphatic heterocycles. The van der Waals surface area contributed by atoms with E-state index in [9.17, 15) is 9.59 Å². The van der Waals surface area contributed by atoms with E-state index in [0.717, 1.165) is 44.1 Å². The number of benzene rings is 1. The molecule has 0 heterocycles. The number of oxime groups is 1. The number of carbonyl (C=O) groups excluding carboxylic acids is 2. The van der Waals surface area contributed by atoms with Crippen molar-refractivity contribution in [2.45, 2.75) is 63.4 Å². The highest BCUT2D eigenvalue weighted by atomic mass is 35.5. The lowest BCUT2D eigenvalue weighted by atomic mass is 9.51. The van der Waals surface area contributed by atoms with Crippen LogP contribution in [-0.2, 0) is 19.1 Å². The summed E-state index contributed by atoms with van der Waals surface area (Å²) in [6.07, 6.45) is 10.00. The Labute approximate surface area is 217 Å². The number of carbonyl (C=O) groups is 2. The average molecular weight is 512 g/mol. The van der Waals surface area contributed by atoms with Crippen LogP contribution in [0.5, 0.6) is 0 Å². The molecule has 7 heteroatoms. The molecular weight excluding hydrogens is 478 g/mol. The van der Waals surface area contributed by atoms with Gasteiger partial charge >= 0.3 is 5.43 Å². The molecule has 0 N–H and O–H groups in total. The fraction of sp³-hybridized carbons (Fsp3) is 0.552. The van der Waals surface area contributed by atoms with Crippen LogP contribution >= 0.6 is 11.6 Å². The van der Waals surface area contributed by atoms with Gasteiger partial charge in [0.1, 0.15) is 0 Å². The fourth-order valence-corrected chi connectivity index (χ4v) is 7.88. The summed E-state index contributed by atoms with van der Waals surface area (Å²) < 4.78 is 12.0. The molecule has 6 nitrogen and oxygen atoms in total. The summed E-state index contributed by atoms with van der Waals surface area (Å²) in [6.45, 7) is 3.01. The topological polar surface area (TPSA) is 74.2 Å². The van der Waals surface area contributed by atoms with E-state index in [1.54, 1.807) is 12.7 Å². The van der Waals surface area contributed by atoms with Gasteiger partial charge in [0.05, 0.1) is 18.4 Å². The molecule has 5 atom stereocenters. The van der Waals surface area contributed by atoms with Crippen molar-refractivity contribution in [3.05, 3.63) is 58.2 Å². The van der Waals surface area contributed by atoms with Crippen molar-refractivity contribution in [1.29, 1.82) is 0 Å². The van der Waals surface area contributed by atoms with Crippen LogP contribution < -0.4 is 0 Å². The fourth-order valence-electron chi connectivity index (χ4n) is 7.84. The smallest absolute Gasteiger partial charge is 0.382 e. The number of allylic oxidation sites excluding steroid dienone is 4. The van der Waals surface area contributed by atoms with E-state index in [-0.39, 0.29) is 22.7 Å². The molecule has 0 amide bonds. The lowest BCUT2D eigenvalue weighted by Gasteiger charge is -2.55. The Hall–Kier alpha value is -2.28. The molecule has 192 valence electrons. The Morgan fingerprint density at radius 2 is 1.94 bits per heavy atom. The Kier molecular flexibility index (Phi) is 6.96. The number of fused-ring (bicyclic) bond motifs is 4. The van der Waals surface area contributed by atoms with Crippen LogP contribution in [-0.4, -0.2) is 43.9 Å². The molecule has 4 aliphatic carbocycles. The third-order valence-corrected chi connectivity index (χ3v) is 9.53. The molecule has 1 aromatic rings. The minimum atomic E-state index is -0.964. The summed E-state index contributed by atoms with van der Waals surface area (Å²) in [5.41, 5.74) is 5.00. The van der Waals surface area contributed by atoms with Gasteiger partial charge in [-0.25, -0.2) is 4.79 Å². The van der Waals surface area contributed by atoms with E-state index in [1.807, 2.05) is 25.3 Å². The molecule has 0 unspecified atom stereocenters.